The van der Waals surface area contributed by atoms with Gasteiger partial charge in [-0.25, -0.2) is 0 Å². The molecule has 176 valence electrons. The molecule has 0 N–H and O–H groups in total. The molecule has 1 aromatic carbocycles. The molecule has 8 nitrogen and oxygen atoms in total. The Hall–Kier alpha value is -2.99. The van der Waals surface area contributed by atoms with Gasteiger partial charge in [-0.1, -0.05) is 0 Å². The Bertz CT molecular complexity index is 1240. The van der Waals surface area contributed by atoms with E-state index < -0.39 is 0 Å². The fourth-order valence-corrected chi connectivity index (χ4v) is 5.66. The van der Waals surface area contributed by atoms with E-state index in [0.29, 0.717) is 11.6 Å². The van der Waals surface area contributed by atoms with Gasteiger partial charge in [-0.2, -0.15) is 10.4 Å². The molecule has 0 radical (unpaired) electrons. The number of nitrogens with zero attached hydrogens (tertiary/aromatic N) is 7. The van der Waals surface area contributed by atoms with E-state index in [9.17, 15) is 5.26 Å². The lowest BCUT2D eigenvalue weighted by molar-refractivity contribution is -0.0489. The Morgan fingerprint density at radius 1 is 1.18 bits per heavy atom. The van der Waals surface area contributed by atoms with Crippen molar-refractivity contribution in [1.29, 1.82) is 5.26 Å². The lowest BCUT2D eigenvalue weighted by Crippen LogP contribution is -2.56. The molecule has 5 heterocycles. The molecule has 2 saturated heterocycles. The van der Waals surface area contributed by atoms with Gasteiger partial charge in [0.05, 0.1) is 35.0 Å². The van der Waals surface area contributed by atoms with E-state index in [2.05, 4.69) is 62.7 Å². The zero-order chi connectivity index (χ0) is 23.2. The first kappa shape index (κ1) is 21.5. The maximum absolute atomic E-state index is 9.48. The van der Waals surface area contributed by atoms with Crippen LogP contribution < -0.4 is 4.90 Å². The molecule has 0 saturated carbocycles. The standard InChI is InChI=1S/C26H31N7O/c1-18-11-32(25-6-5-19(10-27)26-23(25)4-3-8-28-26)16-22(34-18)15-31-13-21(14-31)33-12-20-7-9-30(2)17-24(20)29-33/h3-6,8,12,18,21-22H,7,9,11,13-17H2,1-2H3. The third-order valence-electron chi connectivity index (χ3n) is 7.39. The summed E-state index contributed by atoms with van der Waals surface area (Å²) < 4.78 is 8.54. The van der Waals surface area contributed by atoms with Crippen LogP contribution >= 0.6 is 0 Å². The van der Waals surface area contributed by atoms with Crippen LogP contribution in [0.4, 0.5) is 5.69 Å². The quantitative estimate of drug-likeness (QED) is 0.596. The minimum atomic E-state index is 0.145. The van der Waals surface area contributed by atoms with E-state index in [1.54, 1.807) is 6.20 Å². The van der Waals surface area contributed by atoms with Crippen molar-refractivity contribution in [2.45, 2.75) is 38.1 Å². The molecule has 2 unspecified atom stereocenters. The number of likely N-dealkylation sites (tertiary alicyclic amines) is 1. The van der Waals surface area contributed by atoms with Crippen molar-refractivity contribution < 1.29 is 4.74 Å². The summed E-state index contributed by atoms with van der Waals surface area (Å²) in [5.41, 5.74) is 5.20. The first-order chi connectivity index (χ1) is 16.6. The summed E-state index contributed by atoms with van der Waals surface area (Å²) in [7, 11) is 2.17. The zero-order valence-electron chi connectivity index (χ0n) is 19.9. The Morgan fingerprint density at radius 2 is 2.06 bits per heavy atom. The van der Waals surface area contributed by atoms with Crippen LogP contribution in [0.5, 0.6) is 0 Å². The van der Waals surface area contributed by atoms with Crippen molar-refractivity contribution in [3.63, 3.8) is 0 Å². The van der Waals surface area contributed by atoms with Crippen LogP contribution in [0.25, 0.3) is 10.9 Å². The average molecular weight is 458 g/mol. The topological polar surface area (TPSA) is 73.5 Å². The zero-order valence-corrected chi connectivity index (χ0v) is 19.9. The molecule has 8 heteroatoms. The number of likely N-dealkylation sites (N-methyl/N-ethyl adjacent to an activating group) is 1. The fraction of sp³-hybridized carbons (Fsp3) is 0.500. The first-order valence-electron chi connectivity index (χ1n) is 12.2. The highest BCUT2D eigenvalue weighted by Crippen LogP contribution is 2.31. The Morgan fingerprint density at radius 3 is 2.91 bits per heavy atom. The van der Waals surface area contributed by atoms with Gasteiger partial charge in [-0.3, -0.25) is 14.6 Å². The van der Waals surface area contributed by atoms with Crippen LogP contribution in [0.2, 0.25) is 0 Å². The van der Waals surface area contributed by atoms with E-state index >= 15 is 0 Å². The van der Waals surface area contributed by atoms with Gasteiger partial charge in [0.2, 0.25) is 0 Å². The summed E-state index contributed by atoms with van der Waals surface area (Å²) in [6, 6.07) is 10.7. The maximum atomic E-state index is 9.48. The van der Waals surface area contributed by atoms with Crippen molar-refractivity contribution in [3.8, 4) is 6.07 Å². The summed E-state index contributed by atoms with van der Waals surface area (Å²) in [6.07, 6.45) is 5.42. The van der Waals surface area contributed by atoms with Crippen LogP contribution in [0.15, 0.2) is 36.7 Å². The summed E-state index contributed by atoms with van der Waals surface area (Å²) in [4.78, 5) is 11.7. The molecule has 3 aromatic rings. The van der Waals surface area contributed by atoms with Gasteiger partial charge in [-0.05, 0) is 50.2 Å². The van der Waals surface area contributed by atoms with Gasteiger partial charge in [0, 0.05) is 69.3 Å². The van der Waals surface area contributed by atoms with Crippen LogP contribution in [0, 0.1) is 11.3 Å². The van der Waals surface area contributed by atoms with Gasteiger partial charge in [0.1, 0.15) is 6.07 Å². The fourth-order valence-electron chi connectivity index (χ4n) is 5.66. The Balaban J connectivity index is 1.12. The normalized spacial score (nSPS) is 24.1. The highest BCUT2D eigenvalue weighted by molar-refractivity contribution is 5.95. The van der Waals surface area contributed by atoms with Crippen LogP contribution in [-0.2, 0) is 17.7 Å². The molecule has 3 aliphatic heterocycles. The van der Waals surface area contributed by atoms with Crippen molar-refractivity contribution in [2.24, 2.45) is 0 Å². The predicted molar refractivity (Wildman–Crippen MR) is 131 cm³/mol. The highest BCUT2D eigenvalue weighted by atomic mass is 16.5. The number of hydrogen-bond acceptors (Lipinski definition) is 7. The molecule has 3 aliphatic rings. The second-order valence-electron chi connectivity index (χ2n) is 10.1. The molecule has 2 fully saturated rings. The second-order valence-corrected chi connectivity index (χ2v) is 10.1. The van der Waals surface area contributed by atoms with Crippen molar-refractivity contribution in [2.75, 3.05) is 51.2 Å². The molecule has 0 amide bonds. The largest absolute Gasteiger partial charge is 0.370 e. The summed E-state index contributed by atoms with van der Waals surface area (Å²) in [5.74, 6) is 0. The van der Waals surface area contributed by atoms with Gasteiger partial charge in [0.15, 0.2) is 0 Å². The van der Waals surface area contributed by atoms with Crippen LogP contribution in [-0.4, -0.2) is 83.1 Å². The average Bonchev–Trinajstić information content (AvgIpc) is 3.22. The van der Waals surface area contributed by atoms with Crippen molar-refractivity contribution in [1.82, 2.24) is 24.6 Å². The van der Waals surface area contributed by atoms with Crippen LogP contribution in [0.1, 0.15) is 29.8 Å². The molecule has 34 heavy (non-hydrogen) atoms. The number of nitriles is 1. The second kappa shape index (κ2) is 8.66. The van der Waals surface area contributed by atoms with E-state index in [1.165, 1.54) is 11.3 Å². The monoisotopic (exact) mass is 457 g/mol. The predicted octanol–water partition coefficient (Wildman–Crippen LogP) is 2.44. The number of morpholine rings is 1. The number of pyridine rings is 1. The Kier molecular flexibility index (Phi) is 5.48. The summed E-state index contributed by atoms with van der Waals surface area (Å²) in [5, 5.41) is 15.4. The molecule has 6 rings (SSSR count). The highest BCUT2D eigenvalue weighted by Gasteiger charge is 2.34. The number of ether oxygens (including phenoxy) is 1. The van der Waals surface area contributed by atoms with Gasteiger partial charge < -0.3 is 14.5 Å². The number of fused-ring (bicyclic) bond motifs is 2. The molecular weight excluding hydrogens is 426 g/mol. The minimum absolute atomic E-state index is 0.145. The summed E-state index contributed by atoms with van der Waals surface area (Å²) in [6.45, 7) is 8.87. The third kappa shape index (κ3) is 3.94. The number of aromatic nitrogens is 3. The number of rotatable bonds is 4. The van der Waals surface area contributed by atoms with Gasteiger partial charge in [-0.15, -0.1) is 0 Å². The minimum Gasteiger partial charge on any atom is -0.370 e. The molecule has 0 aliphatic carbocycles. The summed E-state index contributed by atoms with van der Waals surface area (Å²) >= 11 is 0. The van der Waals surface area contributed by atoms with E-state index in [1.807, 2.05) is 12.1 Å². The van der Waals surface area contributed by atoms with Gasteiger partial charge in [0.25, 0.3) is 0 Å². The Labute approximate surface area is 200 Å². The lowest BCUT2D eigenvalue weighted by Gasteiger charge is -2.44. The van der Waals surface area contributed by atoms with Crippen LogP contribution in [0.3, 0.4) is 0 Å². The smallest absolute Gasteiger partial charge is 0.101 e. The molecule has 2 atom stereocenters. The molecule has 0 spiro atoms. The molecule has 2 aromatic heterocycles. The van der Waals surface area contributed by atoms with Crippen molar-refractivity contribution >= 4 is 16.6 Å². The van der Waals surface area contributed by atoms with Crippen molar-refractivity contribution in [3.05, 3.63) is 53.5 Å². The maximum Gasteiger partial charge on any atom is 0.101 e. The third-order valence-corrected chi connectivity index (χ3v) is 7.39. The van der Waals surface area contributed by atoms with E-state index in [-0.39, 0.29) is 12.2 Å². The van der Waals surface area contributed by atoms with Gasteiger partial charge >= 0.3 is 0 Å². The van der Waals surface area contributed by atoms with E-state index in [0.717, 1.165) is 68.8 Å². The van der Waals surface area contributed by atoms with E-state index in [4.69, 9.17) is 9.84 Å². The number of benzene rings is 1. The first-order valence-corrected chi connectivity index (χ1v) is 12.2. The number of anilines is 1. The SMILES string of the molecule is CC1CN(c2ccc(C#N)c3ncccc23)CC(CN2CC(n3cc4c(n3)CN(C)CC4)C2)O1. The molecule has 0 bridgehead atoms. The molecular formula is C26H31N7O. The lowest BCUT2D eigenvalue weighted by atomic mass is 10.0. The number of hydrogen-bond donors (Lipinski definition) is 0.